The molecule has 0 radical (unpaired) electrons. The zero-order valence-corrected chi connectivity index (χ0v) is 48.4. The molecule has 6 heteroatoms. The molecule has 6 nitrogen and oxygen atoms in total. The number of rotatable bonds is 60. The second-order valence-electron chi connectivity index (χ2n) is 22.1. The summed E-state index contributed by atoms with van der Waals surface area (Å²) in [6.45, 7) is 4.94. The Morgan fingerprint density at radius 3 is 1.10 bits per heavy atom. The molecule has 0 aliphatic carbocycles. The Balaban J connectivity index is 3.44. The lowest BCUT2D eigenvalue weighted by Gasteiger charge is -2.22. The smallest absolute Gasteiger partial charge is 0.305 e. The molecule has 1 amide bonds. The summed E-state index contributed by atoms with van der Waals surface area (Å²) in [5.41, 5.74) is 0. The van der Waals surface area contributed by atoms with Crippen molar-refractivity contribution in [1.82, 2.24) is 5.32 Å². The topological polar surface area (TPSA) is 95.9 Å². The molecule has 0 aromatic heterocycles. The zero-order valence-electron chi connectivity index (χ0n) is 48.4. The van der Waals surface area contributed by atoms with Crippen LogP contribution in [0.15, 0.2) is 36.5 Å². The molecule has 0 aromatic rings. The summed E-state index contributed by atoms with van der Waals surface area (Å²) in [6, 6.07) is -0.547. The number of aliphatic hydroxyl groups excluding tert-OH is 2. The highest BCUT2D eigenvalue weighted by molar-refractivity contribution is 5.76. The number of esters is 1. The van der Waals surface area contributed by atoms with E-state index in [2.05, 4.69) is 55.6 Å². The normalized spacial score (nSPS) is 12.8. The van der Waals surface area contributed by atoms with Gasteiger partial charge in [0.25, 0.3) is 0 Å². The molecule has 0 aliphatic rings. The first-order valence-corrected chi connectivity index (χ1v) is 32.2. The third kappa shape index (κ3) is 57.4. The van der Waals surface area contributed by atoms with E-state index in [1.807, 2.05) is 0 Å². The maximum absolute atomic E-state index is 12.5. The molecule has 0 aromatic carbocycles. The fraction of sp³-hybridized carbons (Fsp3) is 0.879. The van der Waals surface area contributed by atoms with Gasteiger partial charge in [-0.05, 0) is 83.5 Å². The largest absolute Gasteiger partial charge is 0.466 e. The van der Waals surface area contributed by atoms with Gasteiger partial charge in [0.1, 0.15) is 0 Å². The molecule has 72 heavy (non-hydrogen) atoms. The lowest BCUT2D eigenvalue weighted by molar-refractivity contribution is -0.143. The van der Waals surface area contributed by atoms with Crippen molar-refractivity contribution >= 4 is 11.9 Å². The van der Waals surface area contributed by atoms with Crippen LogP contribution in [0.1, 0.15) is 348 Å². The Morgan fingerprint density at radius 2 is 0.694 bits per heavy atom. The summed E-state index contributed by atoms with van der Waals surface area (Å²) in [6.07, 6.45) is 77.3. The number of allylic oxidation sites excluding steroid dienone is 6. The Morgan fingerprint density at radius 1 is 0.389 bits per heavy atom. The molecule has 2 atom stereocenters. The number of amides is 1. The van der Waals surface area contributed by atoms with Gasteiger partial charge in [-0.2, -0.15) is 0 Å². The van der Waals surface area contributed by atoms with Crippen molar-refractivity contribution < 1.29 is 24.5 Å². The van der Waals surface area contributed by atoms with E-state index in [4.69, 9.17) is 4.74 Å². The van der Waals surface area contributed by atoms with Crippen LogP contribution < -0.4 is 5.32 Å². The molecule has 0 heterocycles. The standard InChI is InChI=1S/C66H125NO5/c1-3-5-7-9-11-13-15-17-18-19-29-32-35-38-42-46-50-54-58-64(69)63(62-68)67-65(70)59-55-51-47-43-39-36-33-30-27-25-23-21-20-22-24-26-28-31-34-37-41-45-49-53-57-61-72-66(71)60-56-52-48-44-40-16-14-12-10-8-6-4-2/h12,14,21-24,63-64,68-69H,3-11,13,15-20,25-62H2,1-2H3,(H,67,70)/b14-12-,23-21-,24-22-. The van der Waals surface area contributed by atoms with Gasteiger partial charge in [0.15, 0.2) is 0 Å². The molecule has 0 spiro atoms. The van der Waals surface area contributed by atoms with Crippen LogP contribution in [0.5, 0.6) is 0 Å². The second-order valence-corrected chi connectivity index (χ2v) is 22.1. The molecule has 0 saturated carbocycles. The fourth-order valence-electron chi connectivity index (χ4n) is 9.96. The van der Waals surface area contributed by atoms with E-state index in [0.717, 1.165) is 51.4 Å². The minimum Gasteiger partial charge on any atom is -0.466 e. The lowest BCUT2D eigenvalue weighted by Crippen LogP contribution is -2.45. The van der Waals surface area contributed by atoms with E-state index >= 15 is 0 Å². The van der Waals surface area contributed by atoms with Crippen LogP contribution in [0.4, 0.5) is 0 Å². The number of carbonyl (C=O) groups excluding carboxylic acids is 2. The first-order valence-electron chi connectivity index (χ1n) is 32.2. The SMILES string of the molecule is CCCCC/C=C\CCCCCCCC(=O)OCCCCCCCCCCC/C=C\C/C=C\CCCCCCCCCCCC(=O)NC(CO)C(O)CCCCCCCCCCCCCCCCCCCC. The highest BCUT2D eigenvalue weighted by Crippen LogP contribution is 2.18. The fourth-order valence-corrected chi connectivity index (χ4v) is 9.96. The van der Waals surface area contributed by atoms with Crippen LogP contribution in [-0.2, 0) is 14.3 Å². The van der Waals surface area contributed by atoms with Gasteiger partial charge < -0.3 is 20.3 Å². The third-order valence-electron chi connectivity index (χ3n) is 14.9. The highest BCUT2D eigenvalue weighted by atomic mass is 16.5. The van der Waals surface area contributed by atoms with E-state index < -0.39 is 12.1 Å². The van der Waals surface area contributed by atoms with Crippen LogP contribution in [0.3, 0.4) is 0 Å². The van der Waals surface area contributed by atoms with Crippen LogP contribution in [0.2, 0.25) is 0 Å². The first kappa shape index (κ1) is 70.1. The van der Waals surface area contributed by atoms with Gasteiger partial charge in [-0.3, -0.25) is 9.59 Å². The van der Waals surface area contributed by atoms with Gasteiger partial charge in [-0.1, -0.05) is 288 Å². The van der Waals surface area contributed by atoms with Crippen molar-refractivity contribution in [1.29, 1.82) is 0 Å². The predicted octanol–water partition coefficient (Wildman–Crippen LogP) is 20.4. The summed E-state index contributed by atoms with van der Waals surface area (Å²) >= 11 is 0. The van der Waals surface area contributed by atoms with Crippen molar-refractivity contribution in [2.24, 2.45) is 0 Å². The number of unbranched alkanes of at least 4 members (excludes halogenated alkanes) is 43. The van der Waals surface area contributed by atoms with Gasteiger partial charge in [-0.15, -0.1) is 0 Å². The predicted molar refractivity (Wildman–Crippen MR) is 315 cm³/mol. The van der Waals surface area contributed by atoms with Gasteiger partial charge in [-0.25, -0.2) is 0 Å². The minimum absolute atomic E-state index is 0.000976. The van der Waals surface area contributed by atoms with E-state index in [0.29, 0.717) is 25.9 Å². The van der Waals surface area contributed by atoms with E-state index in [-0.39, 0.29) is 18.5 Å². The van der Waals surface area contributed by atoms with Crippen LogP contribution >= 0.6 is 0 Å². The van der Waals surface area contributed by atoms with Crippen molar-refractivity contribution in [3.05, 3.63) is 36.5 Å². The van der Waals surface area contributed by atoms with Gasteiger partial charge in [0.05, 0.1) is 25.4 Å². The highest BCUT2D eigenvalue weighted by Gasteiger charge is 2.20. The molecule has 0 rings (SSSR count). The van der Waals surface area contributed by atoms with E-state index in [1.165, 1.54) is 263 Å². The molecule has 424 valence electrons. The number of aliphatic hydroxyl groups is 2. The van der Waals surface area contributed by atoms with Crippen molar-refractivity contribution in [2.45, 2.75) is 360 Å². The number of carbonyl (C=O) groups is 2. The maximum Gasteiger partial charge on any atom is 0.305 e. The average Bonchev–Trinajstić information content (AvgIpc) is 3.38. The maximum atomic E-state index is 12.5. The Bertz CT molecular complexity index is 1170. The van der Waals surface area contributed by atoms with Gasteiger partial charge in [0, 0.05) is 12.8 Å². The molecular weight excluding hydrogens is 887 g/mol. The van der Waals surface area contributed by atoms with Crippen molar-refractivity contribution in [3.63, 3.8) is 0 Å². The van der Waals surface area contributed by atoms with Crippen molar-refractivity contribution in [3.8, 4) is 0 Å². The zero-order chi connectivity index (χ0) is 52.2. The number of nitrogens with one attached hydrogen (secondary N) is 1. The van der Waals surface area contributed by atoms with Crippen molar-refractivity contribution in [2.75, 3.05) is 13.2 Å². The van der Waals surface area contributed by atoms with E-state index in [1.54, 1.807) is 0 Å². The summed E-state index contributed by atoms with van der Waals surface area (Å²) in [7, 11) is 0. The lowest BCUT2D eigenvalue weighted by atomic mass is 10.0. The molecule has 0 fully saturated rings. The van der Waals surface area contributed by atoms with Crippen LogP contribution in [0, 0.1) is 0 Å². The Hall–Kier alpha value is -1.92. The minimum atomic E-state index is -0.669. The number of hydrogen-bond acceptors (Lipinski definition) is 5. The van der Waals surface area contributed by atoms with Crippen LogP contribution in [0.25, 0.3) is 0 Å². The quantitative estimate of drug-likeness (QED) is 0.0320. The van der Waals surface area contributed by atoms with E-state index in [9.17, 15) is 19.8 Å². The molecule has 0 bridgehead atoms. The van der Waals surface area contributed by atoms with Crippen LogP contribution in [-0.4, -0.2) is 47.4 Å². The first-order chi connectivity index (χ1) is 35.5. The Labute approximate surface area is 449 Å². The number of hydrogen-bond donors (Lipinski definition) is 3. The van der Waals surface area contributed by atoms with Gasteiger partial charge in [0.2, 0.25) is 5.91 Å². The van der Waals surface area contributed by atoms with Gasteiger partial charge >= 0.3 is 5.97 Å². The Kier molecular flexibility index (Phi) is 60.0. The summed E-state index contributed by atoms with van der Waals surface area (Å²) < 4.78 is 5.46. The molecule has 3 N–H and O–H groups in total. The molecular formula is C66H125NO5. The monoisotopic (exact) mass is 1010 g/mol. The average molecular weight is 1010 g/mol. The number of ether oxygens (including phenoxy) is 1. The third-order valence-corrected chi connectivity index (χ3v) is 14.9. The summed E-state index contributed by atoms with van der Waals surface area (Å²) in [5.74, 6) is -0.0396. The summed E-state index contributed by atoms with van der Waals surface area (Å²) in [4.78, 5) is 24.5. The second kappa shape index (κ2) is 61.6. The molecule has 2 unspecified atom stereocenters. The molecule has 0 aliphatic heterocycles. The summed E-state index contributed by atoms with van der Waals surface area (Å²) in [5, 5.41) is 23.3. The molecule has 0 saturated heterocycles.